The molecule has 0 atom stereocenters. The Balaban J connectivity index is 2.85. The number of carbonyl (C=O) groups excluding carboxylic acids is 2. The molecule has 0 aliphatic rings. The first-order valence-electron chi connectivity index (χ1n) is 3.29. The second kappa shape index (κ2) is 3.87. The Hall–Kier alpha value is -1.36. The van der Waals surface area contributed by atoms with Gasteiger partial charge in [-0.1, -0.05) is 0 Å². The SMILES string of the molecule is CNc1ccsc1C(=O)NC=O. The number of thiophene rings is 1. The predicted octanol–water partition coefficient (Wildman–Crippen LogP) is 0.676. The molecule has 12 heavy (non-hydrogen) atoms. The molecular weight excluding hydrogens is 176 g/mol. The molecule has 0 saturated heterocycles. The molecule has 0 fully saturated rings. The van der Waals surface area contributed by atoms with Gasteiger partial charge in [-0.2, -0.15) is 0 Å². The van der Waals surface area contributed by atoms with E-state index in [0.29, 0.717) is 11.3 Å². The highest BCUT2D eigenvalue weighted by Crippen LogP contribution is 2.20. The third-order valence-corrected chi connectivity index (χ3v) is 2.24. The van der Waals surface area contributed by atoms with Crippen molar-refractivity contribution in [1.29, 1.82) is 0 Å². The largest absolute Gasteiger partial charge is 0.387 e. The molecule has 0 unspecified atom stereocenters. The number of carbonyl (C=O) groups is 2. The molecule has 2 amide bonds. The lowest BCUT2D eigenvalue weighted by Gasteiger charge is -1.99. The lowest BCUT2D eigenvalue weighted by atomic mass is 10.4. The number of hydrogen-bond acceptors (Lipinski definition) is 4. The van der Waals surface area contributed by atoms with Gasteiger partial charge in [0.2, 0.25) is 6.41 Å². The molecule has 0 aromatic carbocycles. The molecule has 4 nitrogen and oxygen atoms in total. The van der Waals surface area contributed by atoms with Gasteiger partial charge < -0.3 is 5.32 Å². The Bertz CT molecular complexity index is 295. The molecule has 0 saturated carbocycles. The number of hydrogen-bond donors (Lipinski definition) is 2. The molecule has 64 valence electrons. The van der Waals surface area contributed by atoms with Crippen molar-refractivity contribution >= 4 is 29.3 Å². The minimum atomic E-state index is -0.371. The second-order valence-corrected chi connectivity index (χ2v) is 2.92. The minimum absolute atomic E-state index is 0.371. The van der Waals surface area contributed by atoms with Gasteiger partial charge in [-0.15, -0.1) is 11.3 Å². The number of rotatable bonds is 3. The van der Waals surface area contributed by atoms with E-state index in [-0.39, 0.29) is 5.91 Å². The minimum Gasteiger partial charge on any atom is -0.387 e. The van der Waals surface area contributed by atoms with Crippen LogP contribution in [-0.2, 0) is 4.79 Å². The molecule has 2 N–H and O–H groups in total. The summed E-state index contributed by atoms with van der Waals surface area (Å²) >= 11 is 1.29. The maximum absolute atomic E-state index is 11.1. The van der Waals surface area contributed by atoms with E-state index in [2.05, 4.69) is 10.6 Å². The average Bonchev–Trinajstić information content (AvgIpc) is 2.51. The van der Waals surface area contributed by atoms with Crippen molar-refractivity contribution in [3.8, 4) is 0 Å². The van der Waals surface area contributed by atoms with E-state index in [0.717, 1.165) is 5.69 Å². The molecule has 0 bridgehead atoms. The van der Waals surface area contributed by atoms with Crippen LogP contribution >= 0.6 is 11.3 Å². The van der Waals surface area contributed by atoms with E-state index in [1.165, 1.54) is 11.3 Å². The Kier molecular flexibility index (Phi) is 2.82. The van der Waals surface area contributed by atoms with Crippen molar-refractivity contribution in [2.24, 2.45) is 0 Å². The van der Waals surface area contributed by atoms with E-state index in [1.807, 2.05) is 0 Å². The number of anilines is 1. The van der Waals surface area contributed by atoms with Crippen LogP contribution in [0.3, 0.4) is 0 Å². The van der Waals surface area contributed by atoms with Gasteiger partial charge in [0, 0.05) is 7.05 Å². The van der Waals surface area contributed by atoms with Crippen LogP contribution < -0.4 is 10.6 Å². The predicted molar refractivity (Wildman–Crippen MR) is 47.4 cm³/mol. The molecule has 0 spiro atoms. The maximum Gasteiger partial charge on any atom is 0.269 e. The maximum atomic E-state index is 11.1. The molecular formula is C7H8N2O2S. The van der Waals surface area contributed by atoms with Crippen molar-refractivity contribution in [1.82, 2.24) is 5.32 Å². The van der Waals surface area contributed by atoms with Crippen LogP contribution in [0.5, 0.6) is 0 Å². The van der Waals surface area contributed by atoms with Crippen LogP contribution in [0.1, 0.15) is 9.67 Å². The van der Waals surface area contributed by atoms with Gasteiger partial charge in [-0.3, -0.25) is 14.9 Å². The molecule has 1 aromatic rings. The summed E-state index contributed by atoms with van der Waals surface area (Å²) in [6.45, 7) is 0. The standard InChI is InChI=1S/C7H8N2O2S/c1-8-5-2-3-12-6(5)7(11)9-4-10/h2-4,8H,1H3,(H,9,10,11). The third kappa shape index (κ3) is 1.62. The van der Waals surface area contributed by atoms with Crippen LogP contribution in [0.25, 0.3) is 0 Å². The number of nitrogens with one attached hydrogen (secondary N) is 2. The highest BCUT2D eigenvalue weighted by atomic mass is 32.1. The van der Waals surface area contributed by atoms with Gasteiger partial charge in [-0.25, -0.2) is 0 Å². The zero-order valence-electron chi connectivity index (χ0n) is 6.46. The van der Waals surface area contributed by atoms with E-state index < -0.39 is 0 Å². The zero-order valence-corrected chi connectivity index (χ0v) is 7.27. The fraction of sp³-hybridized carbons (Fsp3) is 0.143. The summed E-state index contributed by atoms with van der Waals surface area (Å²) in [6, 6.07) is 1.78. The van der Waals surface area contributed by atoms with Crippen molar-refractivity contribution < 1.29 is 9.59 Å². The molecule has 0 radical (unpaired) electrons. The Labute approximate surface area is 73.6 Å². The van der Waals surface area contributed by atoms with E-state index in [4.69, 9.17) is 0 Å². The third-order valence-electron chi connectivity index (χ3n) is 1.33. The van der Waals surface area contributed by atoms with Gasteiger partial charge in [-0.05, 0) is 11.4 Å². The van der Waals surface area contributed by atoms with Crippen molar-refractivity contribution in [3.05, 3.63) is 16.3 Å². The molecule has 1 aromatic heterocycles. The number of imide groups is 1. The first kappa shape index (κ1) is 8.73. The quantitative estimate of drug-likeness (QED) is 0.679. The van der Waals surface area contributed by atoms with Crippen molar-refractivity contribution in [3.63, 3.8) is 0 Å². The average molecular weight is 184 g/mol. The smallest absolute Gasteiger partial charge is 0.269 e. The van der Waals surface area contributed by atoms with E-state index >= 15 is 0 Å². The summed E-state index contributed by atoms with van der Waals surface area (Å²) in [5.74, 6) is -0.371. The van der Waals surface area contributed by atoms with Crippen LogP contribution in [0.4, 0.5) is 5.69 Å². The van der Waals surface area contributed by atoms with Gasteiger partial charge in [0.05, 0.1) is 5.69 Å². The summed E-state index contributed by atoms with van der Waals surface area (Å²) in [6.07, 6.45) is 0.376. The van der Waals surface area contributed by atoms with Gasteiger partial charge >= 0.3 is 0 Å². The molecule has 0 aliphatic carbocycles. The Morgan fingerprint density at radius 1 is 1.67 bits per heavy atom. The molecule has 5 heteroatoms. The monoisotopic (exact) mass is 184 g/mol. The van der Waals surface area contributed by atoms with E-state index in [1.54, 1.807) is 18.5 Å². The Morgan fingerprint density at radius 2 is 2.42 bits per heavy atom. The lowest BCUT2D eigenvalue weighted by molar-refractivity contribution is -0.108. The van der Waals surface area contributed by atoms with Crippen LogP contribution in [0, 0.1) is 0 Å². The first-order chi connectivity index (χ1) is 5.79. The lowest BCUT2D eigenvalue weighted by Crippen LogP contribution is -2.20. The fourth-order valence-electron chi connectivity index (χ4n) is 0.801. The summed E-state index contributed by atoms with van der Waals surface area (Å²) in [4.78, 5) is 21.6. The zero-order chi connectivity index (χ0) is 8.97. The summed E-state index contributed by atoms with van der Waals surface area (Å²) in [7, 11) is 1.72. The number of amides is 2. The summed E-state index contributed by atoms with van der Waals surface area (Å²) in [5, 5.41) is 6.71. The van der Waals surface area contributed by atoms with Crippen molar-refractivity contribution in [2.45, 2.75) is 0 Å². The summed E-state index contributed by atoms with van der Waals surface area (Å²) < 4.78 is 0. The normalized spacial score (nSPS) is 9.08. The van der Waals surface area contributed by atoms with E-state index in [9.17, 15) is 9.59 Å². The van der Waals surface area contributed by atoms with Gasteiger partial charge in [0.25, 0.3) is 5.91 Å². The Morgan fingerprint density at radius 3 is 3.00 bits per heavy atom. The highest BCUT2D eigenvalue weighted by molar-refractivity contribution is 7.12. The van der Waals surface area contributed by atoms with Crippen LogP contribution in [0.15, 0.2) is 11.4 Å². The van der Waals surface area contributed by atoms with Gasteiger partial charge in [0.1, 0.15) is 4.88 Å². The van der Waals surface area contributed by atoms with Crippen LogP contribution in [0.2, 0.25) is 0 Å². The molecule has 1 rings (SSSR count). The molecule has 1 heterocycles. The van der Waals surface area contributed by atoms with Crippen LogP contribution in [-0.4, -0.2) is 19.4 Å². The highest BCUT2D eigenvalue weighted by Gasteiger charge is 2.10. The fourth-order valence-corrected chi connectivity index (χ4v) is 1.60. The second-order valence-electron chi connectivity index (χ2n) is 2.00. The first-order valence-corrected chi connectivity index (χ1v) is 4.17. The topological polar surface area (TPSA) is 58.2 Å². The van der Waals surface area contributed by atoms with Crippen molar-refractivity contribution in [2.75, 3.05) is 12.4 Å². The molecule has 0 aliphatic heterocycles. The summed E-state index contributed by atoms with van der Waals surface area (Å²) in [5.41, 5.74) is 0.736. The van der Waals surface area contributed by atoms with Gasteiger partial charge in [0.15, 0.2) is 0 Å².